The Morgan fingerprint density at radius 3 is 2.62 bits per heavy atom. The third-order valence-electron chi connectivity index (χ3n) is 4.44. The highest BCUT2D eigenvalue weighted by atomic mass is 16.5. The van der Waals surface area contributed by atoms with Gasteiger partial charge < -0.3 is 4.74 Å². The second-order valence-electron chi connectivity index (χ2n) is 6.55. The highest BCUT2D eigenvalue weighted by Crippen LogP contribution is 2.35. The minimum absolute atomic E-state index is 0.0710. The van der Waals surface area contributed by atoms with Crippen LogP contribution >= 0.6 is 0 Å². The first-order valence-corrected chi connectivity index (χ1v) is 8.00. The lowest BCUT2D eigenvalue weighted by Gasteiger charge is -2.36. The average molecular weight is 286 g/mol. The zero-order chi connectivity index (χ0) is 15.2. The predicted octanol–water partition coefficient (Wildman–Crippen LogP) is 4.70. The Labute approximate surface area is 128 Å². The minimum Gasteiger partial charge on any atom is -0.459 e. The van der Waals surface area contributed by atoms with Crippen LogP contribution in [0.25, 0.3) is 6.08 Å². The van der Waals surface area contributed by atoms with Crippen molar-refractivity contribution in [3.63, 3.8) is 0 Å². The van der Waals surface area contributed by atoms with Gasteiger partial charge in [0, 0.05) is 6.08 Å². The van der Waals surface area contributed by atoms with E-state index in [4.69, 9.17) is 4.74 Å². The third-order valence-corrected chi connectivity index (χ3v) is 4.44. The monoisotopic (exact) mass is 286 g/mol. The molecule has 0 unspecified atom stereocenters. The van der Waals surface area contributed by atoms with E-state index in [1.165, 1.54) is 12.8 Å². The van der Waals surface area contributed by atoms with Crippen LogP contribution in [0.4, 0.5) is 0 Å². The van der Waals surface area contributed by atoms with Crippen molar-refractivity contribution in [3.05, 3.63) is 42.0 Å². The molecule has 0 aliphatic heterocycles. The molecule has 1 fully saturated rings. The maximum absolute atomic E-state index is 12.1. The molecule has 1 aliphatic carbocycles. The molecular formula is C19H26O2. The predicted molar refractivity (Wildman–Crippen MR) is 86.7 cm³/mol. The van der Waals surface area contributed by atoms with Crippen LogP contribution in [0.5, 0.6) is 0 Å². The number of hydrogen-bond donors (Lipinski definition) is 0. The van der Waals surface area contributed by atoms with E-state index in [9.17, 15) is 4.79 Å². The molecule has 3 atom stereocenters. The SMILES string of the molecule is CC(C)[C@H]1CC[C@@H](C)C[C@@H]1OC(=O)/C=C/c1ccccc1. The quantitative estimate of drug-likeness (QED) is 0.592. The van der Waals surface area contributed by atoms with Gasteiger partial charge in [-0.3, -0.25) is 0 Å². The van der Waals surface area contributed by atoms with Crippen molar-refractivity contribution < 1.29 is 9.53 Å². The minimum atomic E-state index is -0.219. The third kappa shape index (κ3) is 4.73. The summed E-state index contributed by atoms with van der Waals surface area (Å²) in [7, 11) is 0. The van der Waals surface area contributed by atoms with Gasteiger partial charge in [-0.25, -0.2) is 4.79 Å². The molecule has 0 spiro atoms. The fraction of sp³-hybridized carbons (Fsp3) is 0.526. The van der Waals surface area contributed by atoms with E-state index in [1.54, 1.807) is 6.08 Å². The fourth-order valence-corrected chi connectivity index (χ4v) is 3.17. The molecule has 2 nitrogen and oxygen atoms in total. The Morgan fingerprint density at radius 1 is 1.24 bits per heavy atom. The van der Waals surface area contributed by atoms with Crippen LogP contribution in [-0.2, 0) is 9.53 Å². The van der Waals surface area contributed by atoms with Crippen molar-refractivity contribution in [2.45, 2.75) is 46.1 Å². The van der Waals surface area contributed by atoms with Gasteiger partial charge in [-0.1, -0.05) is 57.5 Å². The molecule has 0 N–H and O–H groups in total. The summed E-state index contributed by atoms with van der Waals surface area (Å²) in [6.45, 7) is 6.69. The van der Waals surface area contributed by atoms with E-state index in [0.29, 0.717) is 17.8 Å². The number of hydrogen-bond acceptors (Lipinski definition) is 2. The lowest BCUT2D eigenvalue weighted by Crippen LogP contribution is -2.35. The van der Waals surface area contributed by atoms with Crippen LogP contribution in [0.15, 0.2) is 36.4 Å². The molecule has 1 aromatic carbocycles. The average Bonchev–Trinajstić information content (AvgIpc) is 2.46. The first-order valence-electron chi connectivity index (χ1n) is 8.00. The van der Waals surface area contributed by atoms with Crippen LogP contribution < -0.4 is 0 Å². The number of benzene rings is 1. The molecule has 0 amide bonds. The Hall–Kier alpha value is -1.57. The number of esters is 1. The van der Waals surface area contributed by atoms with Crippen LogP contribution in [0, 0.1) is 17.8 Å². The lowest BCUT2D eigenvalue weighted by atomic mass is 9.75. The summed E-state index contributed by atoms with van der Waals surface area (Å²) in [6, 6.07) is 9.84. The van der Waals surface area contributed by atoms with Crippen molar-refractivity contribution in [2.75, 3.05) is 0 Å². The molecule has 114 valence electrons. The molecule has 0 radical (unpaired) electrons. The normalized spacial score (nSPS) is 26.2. The summed E-state index contributed by atoms with van der Waals surface area (Å²) in [5, 5.41) is 0. The van der Waals surface area contributed by atoms with Gasteiger partial charge in [0.05, 0.1) is 0 Å². The summed E-state index contributed by atoms with van der Waals surface area (Å²) in [5.41, 5.74) is 1.02. The molecule has 1 saturated carbocycles. The van der Waals surface area contributed by atoms with Crippen molar-refractivity contribution in [1.29, 1.82) is 0 Å². The van der Waals surface area contributed by atoms with Crippen LogP contribution in [0.3, 0.4) is 0 Å². The van der Waals surface area contributed by atoms with Crippen LogP contribution in [0.1, 0.15) is 45.6 Å². The number of ether oxygens (including phenoxy) is 1. The zero-order valence-electron chi connectivity index (χ0n) is 13.3. The van der Waals surface area contributed by atoms with Crippen molar-refractivity contribution in [1.82, 2.24) is 0 Å². The number of carbonyl (C=O) groups excluding carboxylic acids is 1. The second kappa shape index (κ2) is 7.44. The Morgan fingerprint density at radius 2 is 1.95 bits per heavy atom. The van der Waals surface area contributed by atoms with Gasteiger partial charge in [0.15, 0.2) is 0 Å². The molecule has 2 heteroatoms. The maximum Gasteiger partial charge on any atom is 0.331 e. The lowest BCUT2D eigenvalue weighted by molar-refractivity contribution is -0.149. The van der Waals surface area contributed by atoms with Gasteiger partial charge in [-0.15, -0.1) is 0 Å². The largest absolute Gasteiger partial charge is 0.459 e. The smallest absolute Gasteiger partial charge is 0.331 e. The second-order valence-corrected chi connectivity index (χ2v) is 6.55. The standard InChI is InChI=1S/C19H26O2/c1-14(2)17-11-9-15(3)13-18(17)21-19(20)12-10-16-7-5-4-6-8-16/h4-8,10,12,14-15,17-18H,9,11,13H2,1-3H3/b12-10+/t15-,17-,18+/m1/s1. The van der Waals surface area contributed by atoms with Gasteiger partial charge in [0.1, 0.15) is 6.10 Å². The van der Waals surface area contributed by atoms with E-state index < -0.39 is 0 Å². The molecule has 0 saturated heterocycles. The molecule has 0 aromatic heterocycles. The van der Waals surface area contributed by atoms with Gasteiger partial charge >= 0.3 is 5.97 Å². The topological polar surface area (TPSA) is 26.3 Å². The van der Waals surface area contributed by atoms with Gasteiger partial charge in [0.2, 0.25) is 0 Å². The Balaban J connectivity index is 1.95. The molecule has 21 heavy (non-hydrogen) atoms. The van der Waals surface area contributed by atoms with E-state index in [0.717, 1.165) is 12.0 Å². The zero-order valence-corrected chi connectivity index (χ0v) is 13.3. The number of rotatable bonds is 4. The van der Waals surface area contributed by atoms with E-state index >= 15 is 0 Å². The molecule has 0 bridgehead atoms. The maximum atomic E-state index is 12.1. The van der Waals surface area contributed by atoms with Crippen molar-refractivity contribution in [2.24, 2.45) is 17.8 Å². The van der Waals surface area contributed by atoms with Gasteiger partial charge in [-0.05, 0) is 42.2 Å². The van der Waals surface area contributed by atoms with E-state index in [-0.39, 0.29) is 12.1 Å². The fourth-order valence-electron chi connectivity index (χ4n) is 3.17. The first kappa shape index (κ1) is 15.8. The molecule has 1 aromatic rings. The van der Waals surface area contributed by atoms with Crippen LogP contribution in [-0.4, -0.2) is 12.1 Å². The Bertz CT molecular complexity index is 476. The molecule has 1 aliphatic rings. The van der Waals surface area contributed by atoms with Gasteiger partial charge in [0.25, 0.3) is 0 Å². The summed E-state index contributed by atoms with van der Waals surface area (Å²) in [4.78, 5) is 12.1. The van der Waals surface area contributed by atoms with E-state index in [1.807, 2.05) is 36.4 Å². The first-order chi connectivity index (χ1) is 10.1. The highest BCUT2D eigenvalue weighted by Gasteiger charge is 2.32. The van der Waals surface area contributed by atoms with Crippen molar-refractivity contribution >= 4 is 12.0 Å². The molecule has 2 rings (SSSR count). The molecule has 0 heterocycles. The summed E-state index contributed by atoms with van der Waals surface area (Å²) >= 11 is 0. The highest BCUT2D eigenvalue weighted by molar-refractivity contribution is 5.87. The van der Waals surface area contributed by atoms with Crippen molar-refractivity contribution in [3.8, 4) is 0 Å². The number of carbonyl (C=O) groups is 1. The van der Waals surface area contributed by atoms with Gasteiger partial charge in [-0.2, -0.15) is 0 Å². The van der Waals surface area contributed by atoms with Crippen LogP contribution in [0.2, 0.25) is 0 Å². The summed E-state index contributed by atoms with van der Waals surface area (Å²) in [6.07, 6.45) is 6.84. The van der Waals surface area contributed by atoms with E-state index in [2.05, 4.69) is 20.8 Å². The Kier molecular flexibility index (Phi) is 5.60. The molecular weight excluding hydrogens is 260 g/mol. The summed E-state index contributed by atoms with van der Waals surface area (Å²) in [5.74, 6) is 1.49. The summed E-state index contributed by atoms with van der Waals surface area (Å²) < 4.78 is 5.73.